The monoisotopic (exact) mass is 238 g/mol. The van der Waals surface area contributed by atoms with Crippen molar-refractivity contribution >= 4 is 5.91 Å². The Hall–Kier alpha value is -1.29. The zero-order chi connectivity index (χ0) is 12.7. The van der Waals surface area contributed by atoms with Crippen LogP contribution in [0.1, 0.15) is 43.0 Å². The summed E-state index contributed by atoms with van der Waals surface area (Å²) in [4.78, 5) is 11.8. The Balaban J connectivity index is 2.43. The van der Waals surface area contributed by atoms with Crippen molar-refractivity contribution in [3.63, 3.8) is 0 Å². The maximum Gasteiger partial charge on any atom is 0.287 e. The molecule has 4 nitrogen and oxygen atoms in total. The molecular weight excluding hydrogens is 216 g/mol. The summed E-state index contributed by atoms with van der Waals surface area (Å²) in [6.45, 7) is 5.42. The highest BCUT2D eigenvalue weighted by Gasteiger charge is 2.12. The molecule has 0 fully saturated rings. The molecule has 0 aromatic carbocycles. The van der Waals surface area contributed by atoms with Crippen LogP contribution in [0.15, 0.2) is 16.5 Å². The quantitative estimate of drug-likeness (QED) is 0.763. The van der Waals surface area contributed by atoms with E-state index in [4.69, 9.17) is 10.2 Å². The molecule has 0 aliphatic heterocycles. The summed E-state index contributed by atoms with van der Waals surface area (Å²) in [5.41, 5.74) is 5.51. The van der Waals surface area contributed by atoms with Gasteiger partial charge >= 0.3 is 0 Å². The van der Waals surface area contributed by atoms with Crippen molar-refractivity contribution in [2.75, 3.05) is 13.1 Å². The standard InChI is InChI=1S/C13H22N2O2/c1-3-10(7-8-14)9-15-13(16)12-6-5-11(4-2)17-12/h5-6,10H,3-4,7-9,14H2,1-2H3,(H,15,16). The van der Waals surface area contributed by atoms with Gasteiger partial charge in [0, 0.05) is 13.0 Å². The van der Waals surface area contributed by atoms with Crippen LogP contribution in [0.25, 0.3) is 0 Å². The third-order valence-corrected chi connectivity index (χ3v) is 2.94. The van der Waals surface area contributed by atoms with Gasteiger partial charge in [-0.25, -0.2) is 0 Å². The largest absolute Gasteiger partial charge is 0.456 e. The van der Waals surface area contributed by atoms with Crippen LogP contribution in [0.5, 0.6) is 0 Å². The van der Waals surface area contributed by atoms with E-state index in [1.165, 1.54) is 0 Å². The van der Waals surface area contributed by atoms with Crippen LogP contribution in [-0.2, 0) is 6.42 Å². The normalized spacial score (nSPS) is 12.4. The van der Waals surface area contributed by atoms with Crippen molar-refractivity contribution in [3.8, 4) is 0 Å². The predicted octanol–water partition coefficient (Wildman–Crippen LogP) is 1.95. The summed E-state index contributed by atoms with van der Waals surface area (Å²) in [5, 5.41) is 2.88. The first kappa shape index (κ1) is 13.8. The lowest BCUT2D eigenvalue weighted by Gasteiger charge is -2.13. The molecule has 1 heterocycles. The van der Waals surface area contributed by atoms with Crippen LogP contribution in [0, 0.1) is 5.92 Å². The molecule has 0 bridgehead atoms. The Morgan fingerprint density at radius 1 is 1.47 bits per heavy atom. The maximum absolute atomic E-state index is 11.8. The van der Waals surface area contributed by atoms with Gasteiger partial charge in [0.15, 0.2) is 5.76 Å². The fraction of sp³-hybridized carbons (Fsp3) is 0.615. The zero-order valence-electron chi connectivity index (χ0n) is 10.7. The van der Waals surface area contributed by atoms with Gasteiger partial charge < -0.3 is 15.5 Å². The molecule has 4 heteroatoms. The van der Waals surface area contributed by atoms with Gasteiger partial charge in [-0.15, -0.1) is 0 Å². The summed E-state index contributed by atoms with van der Waals surface area (Å²) < 4.78 is 5.38. The topological polar surface area (TPSA) is 68.3 Å². The molecule has 1 rings (SSSR count). The molecule has 1 unspecified atom stereocenters. The summed E-state index contributed by atoms with van der Waals surface area (Å²) in [6.07, 6.45) is 2.77. The first-order chi connectivity index (χ1) is 8.21. The number of furan rings is 1. The van der Waals surface area contributed by atoms with E-state index >= 15 is 0 Å². The third-order valence-electron chi connectivity index (χ3n) is 2.94. The van der Waals surface area contributed by atoms with Crippen LogP contribution < -0.4 is 11.1 Å². The maximum atomic E-state index is 11.8. The number of nitrogens with one attached hydrogen (secondary N) is 1. The lowest BCUT2D eigenvalue weighted by atomic mass is 10.0. The molecule has 1 aromatic heterocycles. The Morgan fingerprint density at radius 3 is 2.76 bits per heavy atom. The van der Waals surface area contributed by atoms with Gasteiger partial charge in [0.2, 0.25) is 0 Å². The summed E-state index contributed by atoms with van der Waals surface area (Å²) in [7, 11) is 0. The van der Waals surface area contributed by atoms with E-state index in [-0.39, 0.29) is 5.91 Å². The molecule has 0 saturated carbocycles. The lowest BCUT2D eigenvalue weighted by molar-refractivity contribution is 0.0916. The minimum atomic E-state index is -0.139. The van der Waals surface area contributed by atoms with Crippen LogP contribution in [-0.4, -0.2) is 19.0 Å². The van der Waals surface area contributed by atoms with E-state index in [2.05, 4.69) is 12.2 Å². The number of carbonyl (C=O) groups is 1. The Kier molecular flexibility index (Phi) is 5.77. The second-order valence-corrected chi connectivity index (χ2v) is 4.18. The first-order valence-corrected chi connectivity index (χ1v) is 6.28. The molecule has 0 aliphatic rings. The molecule has 1 aromatic rings. The molecule has 0 saturated heterocycles. The Labute approximate surface area is 103 Å². The molecule has 0 aliphatic carbocycles. The van der Waals surface area contributed by atoms with Crippen molar-refractivity contribution in [2.24, 2.45) is 11.7 Å². The second-order valence-electron chi connectivity index (χ2n) is 4.18. The fourth-order valence-electron chi connectivity index (χ4n) is 1.70. The SMILES string of the molecule is CCc1ccc(C(=O)NCC(CC)CCN)o1. The molecule has 96 valence electrons. The number of amides is 1. The van der Waals surface area contributed by atoms with Gasteiger partial charge in [0.1, 0.15) is 5.76 Å². The number of hydrogen-bond donors (Lipinski definition) is 2. The van der Waals surface area contributed by atoms with Crippen LogP contribution >= 0.6 is 0 Å². The predicted molar refractivity (Wildman–Crippen MR) is 67.9 cm³/mol. The van der Waals surface area contributed by atoms with Crippen molar-refractivity contribution in [3.05, 3.63) is 23.7 Å². The van der Waals surface area contributed by atoms with Crippen LogP contribution in [0.4, 0.5) is 0 Å². The van der Waals surface area contributed by atoms with E-state index in [0.29, 0.717) is 24.8 Å². The third kappa shape index (κ3) is 4.23. The molecule has 17 heavy (non-hydrogen) atoms. The Bertz CT molecular complexity index is 347. The highest BCUT2D eigenvalue weighted by atomic mass is 16.3. The average Bonchev–Trinajstić information content (AvgIpc) is 2.82. The Morgan fingerprint density at radius 2 is 2.24 bits per heavy atom. The summed E-state index contributed by atoms with van der Waals surface area (Å²) in [5.74, 6) is 1.54. The van der Waals surface area contributed by atoms with Gasteiger partial charge in [-0.1, -0.05) is 20.3 Å². The summed E-state index contributed by atoms with van der Waals surface area (Å²) in [6, 6.07) is 3.56. The highest BCUT2D eigenvalue weighted by molar-refractivity contribution is 5.91. The van der Waals surface area contributed by atoms with Gasteiger partial charge in [-0.2, -0.15) is 0 Å². The molecule has 1 amide bonds. The lowest BCUT2D eigenvalue weighted by Crippen LogP contribution is -2.29. The minimum absolute atomic E-state index is 0.139. The van der Waals surface area contributed by atoms with Crippen molar-refractivity contribution in [1.29, 1.82) is 0 Å². The van der Waals surface area contributed by atoms with Gasteiger partial charge in [0.05, 0.1) is 0 Å². The van der Waals surface area contributed by atoms with E-state index in [9.17, 15) is 4.79 Å². The number of nitrogens with two attached hydrogens (primary N) is 1. The van der Waals surface area contributed by atoms with E-state index < -0.39 is 0 Å². The molecular formula is C13H22N2O2. The number of aryl methyl sites for hydroxylation is 1. The van der Waals surface area contributed by atoms with E-state index in [0.717, 1.165) is 25.0 Å². The van der Waals surface area contributed by atoms with Crippen molar-refractivity contribution < 1.29 is 9.21 Å². The van der Waals surface area contributed by atoms with Crippen LogP contribution in [0.3, 0.4) is 0 Å². The van der Waals surface area contributed by atoms with Gasteiger partial charge in [-0.3, -0.25) is 4.79 Å². The minimum Gasteiger partial charge on any atom is -0.456 e. The van der Waals surface area contributed by atoms with Crippen molar-refractivity contribution in [2.45, 2.75) is 33.1 Å². The average molecular weight is 238 g/mol. The zero-order valence-corrected chi connectivity index (χ0v) is 10.7. The summed E-state index contributed by atoms with van der Waals surface area (Å²) >= 11 is 0. The smallest absolute Gasteiger partial charge is 0.287 e. The molecule has 1 atom stereocenters. The molecule has 0 spiro atoms. The molecule has 0 radical (unpaired) electrons. The van der Waals surface area contributed by atoms with Crippen LogP contribution in [0.2, 0.25) is 0 Å². The first-order valence-electron chi connectivity index (χ1n) is 6.28. The van der Waals surface area contributed by atoms with E-state index in [1.54, 1.807) is 6.07 Å². The fourth-order valence-corrected chi connectivity index (χ4v) is 1.70. The van der Waals surface area contributed by atoms with E-state index in [1.807, 2.05) is 13.0 Å². The van der Waals surface area contributed by atoms with Gasteiger partial charge in [-0.05, 0) is 31.0 Å². The highest BCUT2D eigenvalue weighted by Crippen LogP contribution is 2.09. The molecule has 3 N–H and O–H groups in total. The van der Waals surface area contributed by atoms with Gasteiger partial charge in [0.25, 0.3) is 5.91 Å². The van der Waals surface area contributed by atoms with Crippen molar-refractivity contribution in [1.82, 2.24) is 5.32 Å². The second kappa shape index (κ2) is 7.12. The number of hydrogen-bond acceptors (Lipinski definition) is 3. The number of carbonyl (C=O) groups excluding carboxylic acids is 1. The number of rotatable bonds is 7.